The van der Waals surface area contributed by atoms with Gasteiger partial charge in [-0.05, 0) is 49.4 Å². The van der Waals surface area contributed by atoms with Crippen molar-refractivity contribution in [2.75, 3.05) is 31.5 Å². The number of urea groups is 1. The van der Waals surface area contributed by atoms with E-state index >= 15 is 0 Å². The van der Waals surface area contributed by atoms with Gasteiger partial charge in [0.15, 0.2) is 11.5 Å². The molecule has 0 saturated heterocycles. The van der Waals surface area contributed by atoms with Crippen LogP contribution in [0.5, 0.6) is 17.2 Å². The van der Waals surface area contributed by atoms with E-state index in [9.17, 15) is 4.79 Å². The lowest BCUT2D eigenvalue weighted by atomic mass is 10.2. The summed E-state index contributed by atoms with van der Waals surface area (Å²) in [6, 6.07) is 12.2. The number of aromatic nitrogens is 2. The first kappa shape index (κ1) is 19.4. The van der Waals surface area contributed by atoms with Gasteiger partial charge in [-0.2, -0.15) is 0 Å². The molecule has 1 heterocycles. The predicted molar refractivity (Wildman–Crippen MR) is 109 cm³/mol. The molecular formula is C19H20N4O4S. The standard InChI is InChI=1S/C19H20N4O4S/c1-4-27-14-8-6-13(7-9-14)20-18(24)21-19-23-22-17(28-19)12-5-10-15(25-2)16(11-12)26-3/h5-11H,4H2,1-3H3,(H2,20,21,23,24). The van der Waals surface area contributed by atoms with Crippen LogP contribution in [-0.2, 0) is 0 Å². The van der Waals surface area contributed by atoms with Crippen LogP contribution in [0.2, 0.25) is 0 Å². The number of hydrogen-bond acceptors (Lipinski definition) is 7. The number of nitrogens with zero attached hydrogens (tertiary/aromatic N) is 2. The number of rotatable bonds is 7. The second-order valence-corrected chi connectivity index (χ2v) is 6.50. The number of anilines is 2. The molecule has 0 radical (unpaired) electrons. The summed E-state index contributed by atoms with van der Waals surface area (Å²) >= 11 is 1.26. The molecule has 1 aromatic heterocycles. The first-order valence-corrected chi connectivity index (χ1v) is 9.31. The van der Waals surface area contributed by atoms with E-state index in [2.05, 4.69) is 20.8 Å². The zero-order valence-corrected chi connectivity index (χ0v) is 16.5. The predicted octanol–water partition coefficient (Wildman–Crippen LogP) is 4.27. The molecule has 0 spiro atoms. The zero-order valence-electron chi connectivity index (χ0n) is 15.7. The lowest BCUT2D eigenvalue weighted by Gasteiger charge is -2.08. The van der Waals surface area contributed by atoms with Crippen LogP contribution in [0.25, 0.3) is 10.6 Å². The molecule has 0 fully saturated rings. The quantitative estimate of drug-likeness (QED) is 0.615. The van der Waals surface area contributed by atoms with Crippen LogP contribution in [0.1, 0.15) is 6.92 Å². The Kier molecular flexibility index (Phi) is 6.28. The number of benzene rings is 2. The molecule has 2 aromatic carbocycles. The minimum absolute atomic E-state index is 0.383. The van der Waals surface area contributed by atoms with Crippen molar-refractivity contribution in [2.24, 2.45) is 0 Å². The molecule has 8 nitrogen and oxygen atoms in total. The van der Waals surface area contributed by atoms with Gasteiger partial charge in [0.2, 0.25) is 5.13 Å². The Hall–Kier alpha value is -3.33. The van der Waals surface area contributed by atoms with Crippen LogP contribution < -0.4 is 24.8 Å². The normalized spacial score (nSPS) is 10.2. The fourth-order valence-electron chi connectivity index (χ4n) is 2.42. The molecular weight excluding hydrogens is 380 g/mol. The number of methoxy groups -OCH3 is 2. The number of carbonyl (C=O) groups excluding carboxylic acids is 1. The number of carbonyl (C=O) groups is 1. The van der Waals surface area contributed by atoms with Crippen LogP contribution in [0.15, 0.2) is 42.5 Å². The Labute approximate surface area is 166 Å². The Morgan fingerprint density at radius 1 is 1.00 bits per heavy atom. The first-order chi connectivity index (χ1) is 13.6. The van der Waals surface area contributed by atoms with Gasteiger partial charge >= 0.3 is 6.03 Å². The van der Waals surface area contributed by atoms with Crippen molar-refractivity contribution in [1.82, 2.24) is 10.2 Å². The molecule has 28 heavy (non-hydrogen) atoms. The smallest absolute Gasteiger partial charge is 0.325 e. The monoisotopic (exact) mass is 400 g/mol. The van der Waals surface area contributed by atoms with Crippen LogP contribution in [0.4, 0.5) is 15.6 Å². The maximum Gasteiger partial charge on any atom is 0.325 e. The van der Waals surface area contributed by atoms with Gasteiger partial charge in [-0.1, -0.05) is 11.3 Å². The van der Waals surface area contributed by atoms with Gasteiger partial charge in [-0.25, -0.2) is 4.79 Å². The highest BCUT2D eigenvalue weighted by Gasteiger charge is 2.12. The molecule has 0 unspecified atom stereocenters. The van der Waals surface area contributed by atoms with Gasteiger partial charge in [-0.15, -0.1) is 10.2 Å². The molecule has 9 heteroatoms. The molecule has 3 rings (SSSR count). The maximum atomic E-state index is 12.2. The van der Waals surface area contributed by atoms with Gasteiger partial charge in [0.1, 0.15) is 10.8 Å². The topological polar surface area (TPSA) is 94.6 Å². The Bertz CT molecular complexity index is 943. The maximum absolute atomic E-state index is 12.2. The van der Waals surface area contributed by atoms with Gasteiger partial charge in [0, 0.05) is 11.3 Å². The SMILES string of the molecule is CCOc1ccc(NC(=O)Nc2nnc(-c3ccc(OC)c(OC)c3)s2)cc1. The summed E-state index contributed by atoms with van der Waals surface area (Å²) < 4.78 is 15.9. The van der Waals surface area contributed by atoms with E-state index in [1.807, 2.05) is 19.1 Å². The Morgan fingerprint density at radius 3 is 2.43 bits per heavy atom. The van der Waals surface area contributed by atoms with Crippen molar-refractivity contribution in [3.63, 3.8) is 0 Å². The van der Waals surface area contributed by atoms with Crippen molar-refractivity contribution < 1.29 is 19.0 Å². The number of ether oxygens (including phenoxy) is 3. The third-order valence-corrected chi connectivity index (χ3v) is 4.59. The van der Waals surface area contributed by atoms with E-state index in [0.717, 1.165) is 11.3 Å². The second-order valence-electron chi connectivity index (χ2n) is 5.52. The summed E-state index contributed by atoms with van der Waals surface area (Å²) in [7, 11) is 3.15. The van der Waals surface area contributed by atoms with Crippen molar-refractivity contribution in [2.45, 2.75) is 6.92 Å². The van der Waals surface area contributed by atoms with Gasteiger partial charge < -0.3 is 19.5 Å². The van der Waals surface area contributed by atoms with Gasteiger partial charge in [0.25, 0.3) is 0 Å². The molecule has 0 aliphatic heterocycles. The number of nitrogens with one attached hydrogen (secondary N) is 2. The zero-order chi connectivity index (χ0) is 19.9. The number of hydrogen-bond donors (Lipinski definition) is 2. The van der Waals surface area contributed by atoms with E-state index < -0.39 is 6.03 Å². The highest BCUT2D eigenvalue weighted by atomic mass is 32.1. The average Bonchev–Trinajstić information content (AvgIpc) is 3.17. The van der Waals surface area contributed by atoms with Crippen molar-refractivity contribution in [1.29, 1.82) is 0 Å². The van der Waals surface area contributed by atoms with Crippen LogP contribution in [-0.4, -0.2) is 37.1 Å². The lowest BCUT2D eigenvalue weighted by molar-refractivity contribution is 0.262. The second kappa shape index (κ2) is 9.05. The average molecular weight is 400 g/mol. The summed E-state index contributed by atoms with van der Waals surface area (Å²) in [6.07, 6.45) is 0. The largest absolute Gasteiger partial charge is 0.494 e. The van der Waals surface area contributed by atoms with E-state index in [-0.39, 0.29) is 0 Å². The van der Waals surface area contributed by atoms with Gasteiger partial charge in [-0.3, -0.25) is 5.32 Å². The summed E-state index contributed by atoms with van der Waals surface area (Å²) in [5.41, 5.74) is 1.46. The molecule has 0 aliphatic carbocycles. The van der Waals surface area contributed by atoms with E-state index in [1.54, 1.807) is 44.6 Å². The van der Waals surface area contributed by atoms with Crippen molar-refractivity contribution >= 4 is 28.2 Å². The van der Waals surface area contributed by atoms with E-state index in [1.165, 1.54) is 11.3 Å². The van der Waals surface area contributed by atoms with E-state index in [4.69, 9.17) is 14.2 Å². The molecule has 0 aliphatic rings. The Morgan fingerprint density at radius 2 is 1.75 bits per heavy atom. The molecule has 0 atom stereocenters. The summed E-state index contributed by atoms with van der Waals surface area (Å²) in [4.78, 5) is 12.2. The summed E-state index contributed by atoms with van der Waals surface area (Å²) in [6.45, 7) is 2.50. The van der Waals surface area contributed by atoms with E-state index in [0.29, 0.717) is 33.9 Å². The first-order valence-electron chi connectivity index (χ1n) is 8.49. The van der Waals surface area contributed by atoms with Crippen LogP contribution >= 0.6 is 11.3 Å². The molecule has 146 valence electrons. The summed E-state index contributed by atoms with van der Waals surface area (Å²) in [5.74, 6) is 1.97. The third-order valence-electron chi connectivity index (χ3n) is 3.70. The minimum atomic E-state index is -0.404. The van der Waals surface area contributed by atoms with Crippen LogP contribution in [0, 0.1) is 0 Å². The highest BCUT2D eigenvalue weighted by Crippen LogP contribution is 2.34. The Balaban J connectivity index is 1.64. The molecule has 2 N–H and O–H groups in total. The fourth-order valence-corrected chi connectivity index (χ4v) is 3.16. The third kappa shape index (κ3) is 4.68. The van der Waals surface area contributed by atoms with Crippen molar-refractivity contribution in [3.8, 4) is 27.8 Å². The lowest BCUT2D eigenvalue weighted by Crippen LogP contribution is -2.19. The van der Waals surface area contributed by atoms with Gasteiger partial charge in [0.05, 0.1) is 20.8 Å². The highest BCUT2D eigenvalue weighted by molar-refractivity contribution is 7.18. The molecule has 0 bridgehead atoms. The van der Waals surface area contributed by atoms with Crippen molar-refractivity contribution in [3.05, 3.63) is 42.5 Å². The number of amides is 2. The molecule has 3 aromatic rings. The summed E-state index contributed by atoms with van der Waals surface area (Å²) in [5, 5.41) is 14.6. The van der Waals surface area contributed by atoms with Crippen LogP contribution in [0.3, 0.4) is 0 Å². The fraction of sp³-hybridized carbons (Fsp3) is 0.211. The molecule has 2 amide bonds. The minimum Gasteiger partial charge on any atom is -0.494 e. The molecule has 0 saturated carbocycles.